The van der Waals surface area contributed by atoms with Crippen LogP contribution in [0.4, 0.5) is 0 Å². The Kier molecular flexibility index (Phi) is 5.65. The maximum absolute atomic E-state index is 12.4. The molecular weight excluding hydrogens is 298 g/mol. The summed E-state index contributed by atoms with van der Waals surface area (Å²) in [6.45, 7) is 1.50. The van der Waals surface area contributed by atoms with Gasteiger partial charge in [-0.3, -0.25) is 4.79 Å². The monoisotopic (exact) mass is 323 g/mol. The summed E-state index contributed by atoms with van der Waals surface area (Å²) in [7, 11) is 0. The largest absolute Gasteiger partial charge is 0.388 e. The third-order valence-electron chi connectivity index (χ3n) is 4.95. The summed E-state index contributed by atoms with van der Waals surface area (Å²) in [5.74, 6) is 0.470. The van der Waals surface area contributed by atoms with Gasteiger partial charge < -0.3 is 10.0 Å². The lowest BCUT2D eigenvalue weighted by Gasteiger charge is -2.34. The Balaban J connectivity index is 1.47. The number of likely N-dealkylation sites (tertiary alicyclic amines) is 1. The lowest BCUT2D eigenvalue weighted by molar-refractivity contribution is -0.133. The molecule has 1 N–H and O–H groups in total. The van der Waals surface area contributed by atoms with E-state index in [9.17, 15) is 9.90 Å². The molecule has 0 bridgehead atoms. The van der Waals surface area contributed by atoms with E-state index in [1.54, 1.807) is 0 Å². The number of amides is 1. The first-order valence-electron chi connectivity index (χ1n) is 8.79. The summed E-state index contributed by atoms with van der Waals surface area (Å²) in [4.78, 5) is 14.3. The average molecular weight is 323 g/mol. The van der Waals surface area contributed by atoms with Crippen LogP contribution in [-0.2, 0) is 11.2 Å². The number of hydrogen-bond donors (Lipinski definition) is 1. The van der Waals surface area contributed by atoms with Gasteiger partial charge in [-0.05, 0) is 36.3 Å². The number of aryl methyl sites for hydroxylation is 1. The smallest absolute Gasteiger partial charge is 0.222 e. The molecule has 0 aliphatic carbocycles. The fourth-order valence-electron chi connectivity index (χ4n) is 3.44. The van der Waals surface area contributed by atoms with Crippen molar-refractivity contribution in [1.82, 2.24) is 4.90 Å². The zero-order chi connectivity index (χ0) is 16.8. The van der Waals surface area contributed by atoms with Crippen LogP contribution in [0.5, 0.6) is 0 Å². The summed E-state index contributed by atoms with van der Waals surface area (Å²) in [5.41, 5.74) is 2.19. The van der Waals surface area contributed by atoms with Crippen LogP contribution >= 0.6 is 0 Å². The molecule has 1 heterocycles. The van der Waals surface area contributed by atoms with Gasteiger partial charge in [0, 0.05) is 19.5 Å². The molecular formula is C21H25NO2. The molecule has 1 fully saturated rings. The first kappa shape index (κ1) is 16.7. The van der Waals surface area contributed by atoms with E-state index in [0.29, 0.717) is 6.42 Å². The number of carbonyl (C=O) groups is 1. The highest BCUT2D eigenvalue weighted by atomic mass is 16.3. The number of nitrogens with zero attached hydrogens (tertiary/aromatic N) is 1. The molecule has 0 radical (unpaired) electrons. The summed E-state index contributed by atoms with van der Waals surface area (Å²) in [6, 6.07) is 20.0. The van der Waals surface area contributed by atoms with E-state index < -0.39 is 6.10 Å². The van der Waals surface area contributed by atoms with Gasteiger partial charge in [-0.1, -0.05) is 60.7 Å². The standard InChI is InChI=1S/C21H25NO2/c23-20(12-11-17-7-3-1-4-8-17)22-15-13-19(14-16-22)21(24)18-9-5-2-6-10-18/h1-10,19,21,24H,11-16H2/t21-/m0/s1. The number of hydrogen-bond acceptors (Lipinski definition) is 2. The Morgan fingerprint density at radius 3 is 2.21 bits per heavy atom. The molecule has 0 aromatic heterocycles. The van der Waals surface area contributed by atoms with Crippen molar-refractivity contribution in [3.05, 3.63) is 71.8 Å². The highest BCUT2D eigenvalue weighted by molar-refractivity contribution is 5.76. The number of rotatable bonds is 5. The molecule has 3 nitrogen and oxygen atoms in total. The lowest BCUT2D eigenvalue weighted by Crippen LogP contribution is -2.39. The minimum absolute atomic E-state index is 0.228. The van der Waals surface area contributed by atoms with Gasteiger partial charge in [0.15, 0.2) is 0 Å². The minimum atomic E-state index is -0.423. The molecule has 1 atom stereocenters. The van der Waals surface area contributed by atoms with Crippen LogP contribution in [-0.4, -0.2) is 29.0 Å². The topological polar surface area (TPSA) is 40.5 Å². The van der Waals surface area contributed by atoms with Gasteiger partial charge in [0.05, 0.1) is 6.10 Å². The van der Waals surface area contributed by atoms with E-state index in [0.717, 1.165) is 37.9 Å². The second-order valence-electron chi connectivity index (χ2n) is 6.56. The molecule has 0 saturated carbocycles. The van der Waals surface area contributed by atoms with Gasteiger partial charge in [-0.15, -0.1) is 0 Å². The van der Waals surface area contributed by atoms with Crippen molar-refractivity contribution < 1.29 is 9.90 Å². The van der Waals surface area contributed by atoms with Crippen molar-refractivity contribution in [3.8, 4) is 0 Å². The fraction of sp³-hybridized carbons (Fsp3) is 0.381. The Labute approximate surface area is 143 Å². The molecule has 1 aliphatic rings. The van der Waals surface area contributed by atoms with Crippen LogP contribution in [0.3, 0.4) is 0 Å². The van der Waals surface area contributed by atoms with E-state index in [4.69, 9.17) is 0 Å². The van der Waals surface area contributed by atoms with Gasteiger partial charge in [0.1, 0.15) is 0 Å². The third kappa shape index (κ3) is 4.24. The molecule has 0 unspecified atom stereocenters. The molecule has 1 amide bonds. The molecule has 2 aromatic carbocycles. The van der Waals surface area contributed by atoms with Crippen molar-refractivity contribution in [1.29, 1.82) is 0 Å². The van der Waals surface area contributed by atoms with E-state index in [2.05, 4.69) is 12.1 Å². The Hall–Kier alpha value is -2.13. The van der Waals surface area contributed by atoms with E-state index in [1.165, 1.54) is 5.56 Å². The van der Waals surface area contributed by atoms with E-state index in [1.807, 2.05) is 53.4 Å². The Morgan fingerprint density at radius 2 is 1.58 bits per heavy atom. The van der Waals surface area contributed by atoms with Crippen LogP contribution in [0.1, 0.15) is 36.5 Å². The van der Waals surface area contributed by atoms with Gasteiger partial charge in [-0.25, -0.2) is 0 Å². The van der Waals surface area contributed by atoms with E-state index >= 15 is 0 Å². The van der Waals surface area contributed by atoms with Crippen molar-refractivity contribution in [3.63, 3.8) is 0 Å². The van der Waals surface area contributed by atoms with Gasteiger partial charge in [0.25, 0.3) is 0 Å². The number of piperidine rings is 1. The first-order chi connectivity index (χ1) is 11.7. The van der Waals surface area contributed by atoms with Crippen LogP contribution in [0, 0.1) is 5.92 Å². The third-order valence-corrected chi connectivity index (χ3v) is 4.95. The Bertz CT molecular complexity index is 633. The zero-order valence-corrected chi connectivity index (χ0v) is 14.0. The number of benzene rings is 2. The first-order valence-corrected chi connectivity index (χ1v) is 8.79. The van der Waals surface area contributed by atoms with Crippen LogP contribution in [0.2, 0.25) is 0 Å². The van der Waals surface area contributed by atoms with Crippen LogP contribution in [0.15, 0.2) is 60.7 Å². The fourth-order valence-corrected chi connectivity index (χ4v) is 3.44. The van der Waals surface area contributed by atoms with Crippen molar-refractivity contribution in [2.45, 2.75) is 31.8 Å². The van der Waals surface area contributed by atoms with Crippen LogP contribution in [0.25, 0.3) is 0 Å². The lowest BCUT2D eigenvalue weighted by atomic mass is 9.87. The normalized spacial score (nSPS) is 16.8. The Morgan fingerprint density at radius 1 is 1.00 bits per heavy atom. The molecule has 2 aromatic rings. The van der Waals surface area contributed by atoms with Gasteiger partial charge >= 0.3 is 0 Å². The second-order valence-corrected chi connectivity index (χ2v) is 6.56. The zero-order valence-electron chi connectivity index (χ0n) is 14.0. The van der Waals surface area contributed by atoms with Gasteiger partial charge in [-0.2, -0.15) is 0 Å². The molecule has 24 heavy (non-hydrogen) atoms. The minimum Gasteiger partial charge on any atom is -0.388 e. The summed E-state index contributed by atoms with van der Waals surface area (Å²) in [6.07, 6.45) is 2.68. The number of carbonyl (C=O) groups excluding carboxylic acids is 1. The van der Waals surface area contributed by atoms with Crippen molar-refractivity contribution >= 4 is 5.91 Å². The quantitative estimate of drug-likeness (QED) is 0.913. The predicted octanol–water partition coefficient (Wildman–Crippen LogP) is 3.59. The summed E-state index contributed by atoms with van der Waals surface area (Å²) < 4.78 is 0. The SMILES string of the molecule is O=C(CCc1ccccc1)N1CCC([C@@H](O)c2ccccc2)CC1. The summed E-state index contributed by atoms with van der Waals surface area (Å²) >= 11 is 0. The molecule has 3 heteroatoms. The maximum Gasteiger partial charge on any atom is 0.222 e. The number of aliphatic hydroxyl groups is 1. The molecule has 1 saturated heterocycles. The molecule has 3 rings (SSSR count). The predicted molar refractivity (Wildman–Crippen MR) is 95.5 cm³/mol. The van der Waals surface area contributed by atoms with E-state index in [-0.39, 0.29) is 11.8 Å². The average Bonchev–Trinajstić information content (AvgIpc) is 2.67. The highest BCUT2D eigenvalue weighted by Gasteiger charge is 2.27. The van der Waals surface area contributed by atoms with Crippen molar-refractivity contribution in [2.24, 2.45) is 5.92 Å². The second kappa shape index (κ2) is 8.11. The van der Waals surface area contributed by atoms with Crippen molar-refractivity contribution in [2.75, 3.05) is 13.1 Å². The van der Waals surface area contributed by atoms with Crippen LogP contribution < -0.4 is 0 Å². The maximum atomic E-state index is 12.4. The molecule has 0 spiro atoms. The molecule has 126 valence electrons. The number of aliphatic hydroxyl groups excluding tert-OH is 1. The molecule has 1 aliphatic heterocycles. The van der Waals surface area contributed by atoms with Gasteiger partial charge in [0.2, 0.25) is 5.91 Å². The summed E-state index contributed by atoms with van der Waals surface area (Å²) in [5, 5.41) is 10.5. The highest BCUT2D eigenvalue weighted by Crippen LogP contribution is 2.30.